The molecule has 0 amide bonds. The topological polar surface area (TPSA) is 17.1 Å². The molecule has 0 aliphatic heterocycles. The molecule has 0 spiro atoms. The zero-order valence-electron chi connectivity index (χ0n) is 5.91. The van der Waals surface area contributed by atoms with Gasteiger partial charge in [0.2, 0.25) is 0 Å². The standard InChI is InChI=1S/C7H12Br2O/c8-6-4-2-1-3-5-7(9)10/h1-6H2. The first-order chi connectivity index (χ1) is 4.77. The third-order valence-electron chi connectivity index (χ3n) is 1.26. The zero-order chi connectivity index (χ0) is 7.82. The lowest BCUT2D eigenvalue weighted by atomic mass is 10.2. The fourth-order valence-corrected chi connectivity index (χ4v) is 1.39. The summed E-state index contributed by atoms with van der Waals surface area (Å²) in [5.41, 5.74) is 0. The molecule has 0 saturated heterocycles. The molecule has 0 aromatic rings. The summed E-state index contributed by atoms with van der Waals surface area (Å²) in [5, 5.41) is 1.08. The predicted octanol–water partition coefficient (Wildman–Crippen LogP) is 3.25. The third-order valence-corrected chi connectivity index (χ3v) is 2.21. The highest BCUT2D eigenvalue weighted by atomic mass is 79.9. The second-order valence-corrected chi connectivity index (χ2v) is 3.89. The second-order valence-electron chi connectivity index (χ2n) is 2.21. The van der Waals surface area contributed by atoms with Crippen molar-refractivity contribution < 1.29 is 4.79 Å². The van der Waals surface area contributed by atoms with E-state index in [0.717, 1.165) is 11.8 Å². The second kappa shape index (κ2) is 7.73. The van der Waals surface area contributed by atoms with Crippen LogP contribution in [0.3, 0.4) is 0 Å². The van der Waals surface area contributed by atoms with Gasteiger partial charge in [0.15, 0.2) is 4.69 Å². The van der Waals surface area contributed by atoms with E-state index in [1.807, 2.05) is 0 Å². The minimum Gasteiger partial charge on any atom is -0.287 e. The molecule has 0 aliphatic rings. The summed E-state index contributed by atoms with van der Waals surface area (Å²) in [5.74, 6) is 0. The maximum atomic E-state index is 10.4. The Bertz CT molecular complexity index is 93.6. The molecule has 0 heterocycles. The van der Waals surface area contributed by atoms with Gasteiger partial charge in [-0.25, -0.2) is 0 Å². The molecule has 0 saturated carbocycles. The summed E-state index contributed by atoms with van der Waals surface area (Å²) in [7, 11) is 0. The molecule has 1 nitrogen and oxygen atoms in total. The summed E-state index contributed by atoms with van der Waals surface area (Å²) < 4.78 is 0.131. The van der Waals surface area contributed by atoms with E-state index in [1.165, 1.54) is 19.3 Å². The van der Waals surface area contributed by atoms with Gasteiger partial charge in [-0.05, 0) is 28.8 Å². The van der Waals surface area contributed by atoms with E-state index in [0.29, 0.717) is 6.42 Å². The molecule has 0 bridgehead atoms. The third kappa shape index (κ3) is 8.63. The van der Waals surface area contributed by atoms with Gasteiger partial charge in [0.1, 0.15) is 0 Å². The first-order valence-electron chi connectivity index (χ1n) is 3.51. The first kappa shape index (κ1) is 10.6. The lowest BCUT2D eigenvalue weighted by molar-refractivity contribution is -0.110. The summed E-state index contributed by atoms with van der Waals surface area (Å²) in [6.07, 6.45) is 5.32. The van der Waals surface area contributed by atoms with Crippen molar-refractivity contribution in [2.24, 2.45) is 0 Å². The van der Waals surface area contributed by atoms with Crippen LogP contribution in [0.25, 0.3) is 0 Å². The van der Waals surface area contributed by atoms with E-state index >= 15 is 0 Å². The molecule has 0 aromatic heterocycles. The summed E-state index contributed by atoms with van der Waals surface area (Å²) >= 11 is 6.25. The van der Waals surface area contributed by atoms with Crippen molar-refractivity contribution in [3.05, 3.63) is 0 Å². The highest BCUT2D eigenvalue weighted by Crippen LogP contribution is 2.06. The van der Waals surface area contributed by atoms with Gasteiger partial charge in [-0.3, -0.25) is 4.79 Å². The van der Waals surface area contributed by atoms with Crippen molar-refractivity contribution in [2.75, 3.05) is 5.33 Å². The van der Waals surface area contributed by atoms with Gasteiger partial charge in [-0.1, -0.05) is 28.8 Å². The summed E-state index contributed by atoms with van der Waals surface area (Å²) in [6, 6.07) is 0. The number of halogens is 2. The smallest absolute Gasteiger partial charge is 0.197 e. The van der Waals surface area contributed by atoms with Crippen LogP contribution in [-0.4, -0.2) is 10.0 Å². The van der Waals surface area contributed by atoms with Crippen LogP contribution in [0.5, 0.6) is 0 Å². The normalized spacial score (nSPS) is 9.80. The quantitative estimate of drug-likeness (QED) is 0.412. The Labute approximate surface area is 78.8 Å². The van der Waals surface area contributed by atoms with E-state index < -0.39 is 0 Å². The van der Waals surface area contributed by atoms with Gasteiger partial charge < -0.3 is 0 Å². The first-order valence-corrected chi connectivity index (χ1v) is 5.43. The molecule has 0 aromatic carbocycles. The molecule has 0 aliphatic carbocycles. The molecular formula is C7H12Br2O. The Hall–Kier alpha value is 0.630. The number of rotatable bonds is 6. The molecule has 3 heteroatoms. The molecule has 0 unspecified atom stereocenters. The van der Waals surface area contributed by atoms with Crippen LogP contribution in [0, 0.1) is 0 Å². The van der Waals surface area contributed by atoms with Crippen molar-refractivity contribution in [1.29, 1.82) is 0 Å². The van der Waals surface area contributed by atoms with E-state index in [9.17, 15) is 4.79 Å². The molecule has 10 heavy (non-hydrogen) atoms. The van der Waals surface area contributed by atoms with Crippen LogP contribution in [0.15, 0.2) is 0 Å². The average molecular weight is 272 g/mol. The highest BCUT2D eigenvalue weighted by Gasteiger charge is 1.94. The Kier molecular flexibility index (Phi) is 8.22. The van der Waals surface area contributed by atoms with Gasteiger partial charge in [0.05, 0.1) is 0 Å². The zero-order valence-corrected chi connectivity index (χ0v) is 9.08. The Morgan fingerprint density at radius 1 is 1.10 bits per heavy atom. The number of unbranched alkanes of at least 4 members (excludes halogenated alkanes) is 3. The summed E-state index contributed by atoms with van der Waals surface area (Å²) in [4.78, 5) is 10.4. The largest absolute Gasteiger partial charge is 0.287 e. The maximum absolute atomic E-state index is 10.4. The SMILES string of the molecule is O=C(Br)CCCCCCBr. The fraction of sp³-hybridized carbons (Fsp3) is 0.857. The van der Waals surface area contributed by atoms with Gasteiger partial charge in [-0.15, -0.1) is 0 Å². The van der Waals surface area contributed by atoms with E-state index in [1.54, 1.807) is 0 Å². The predicted molar refractivity (Wildman–Crippen MR) is 50.8 cm³/mol. The average Bonchev–Trinajstić information content (AvgIpc) is 1.87. The summed E-state index contributed by atoms with van der Waals surface area (Å²) in [6.45, 7) is 0. The Morgan fingerprint density at radius 3 is 2.20 bits per heavy atom. The Balaban J connectivity index is 2.84. The van der Waals surface area contributed by atoms with E-state index in [-0.39, 0.29) is 4.69 Å². The Morgan fingerprint density at radius 2 is 1.70 bits per heavy atom. The van der Waals surface area contributed by atoms with Gasteiger partial charge in [0.25, 0.3) is 0 Å². The molecule has 0 rings (SSSR count). The number of carbonyl (C=O) groups excluding carboxylic acids is 1. The number of hydrogen-bond acceptors (Lipinski definition) is 1. The number of carbonyl (C=O) groups is 1. The molecule has 60 valence electrons. The lowest BCUT2D eigenvalue weighted by Gasteiger charge is -1.94. The molecular weight excluding hydrogens is 260 g/mol. The van der Waals surface area contributed by atoms with Crippen molar-refractivity contribution in [2.45, 2.75) is 32.1 Å². The molecule has 0 radical (unpaired) electrons. The van der Waals surface area contributed by atoms with Gasteiger partial charge in [0, 0.05) is 11.8 Å². The fourth-order valence-electron chi connectivity index (χ4n) is 0.712. The van der Waals surface area contributed by atoms with Crippen LogP contribution < -0.4 is 0 Å². The highest BCUT2D eigenvalue weighted by molar-refractivity contribution is 9.18. The van der Waals surface area contributed by atoms with Gasteiger partial charge in [-0.2, -0.15) is 0 Å². The van der Waals surface area contributed by atoms with Crippen LogP contribution in [-0.2, 0) is 4.79 Å². The number of hydrogen-bond donors (Lipinski definition) is 0. The van der Waals surface area contributed by atoms with Crippen molar-refractivity contribution in [3.63, 3.8) is 0 Å². The van der Waals surface area contributed by atoms with Crippen molar-refractivity contribution in [1.82, 2.24) is 0 Å². The van der Waals surface area contributed by atoms with E-state index in [4.69, 9.17) is 0 Å². The van der Waals surface area contributed by atoms with Crippen molar-refractivity contribution >= 4 is 36.6 Å². The van der Waals surface area contributed by atoms with Crippen molar-refractivity contribution in [3.8, 4) is 0 Å². The van der Waals surface area contributed by atoms with Gasteiger partial charge >= 0.3 is 0 Å². The molecule has 0 fully saturated rings. The van der Waals surface area contributed by atoms with Crippen LogP contribution in [0.4, 0.5) is 0 Å². The number of alkyl halides is 1. The monoisotopic (exact) mass is 270 g/mol. The van der Waals surface area contributed by atoms with E-state index in [2.05, 4.69) is 31.9 Å². The van der Waals surface area contributed by atoms with Crippen LogP contribution >= 0.6 is 31.9 Å². The minimum atomic E-state index is 0.131. The minimum absolute atomic E-state index is 0.131. The molecule has 0 N–H and O–H groups in total. The van der Waals surface area contributed by atoms with Crippen LogP contribution in [0.1, 0.15) is 32.1 Å². The molecule has 0 atom stereocenters. The lowest BCUT2D eigenvalue weighted by Crippen LogP contribution is -1.85. The van der Waals surface area contributed by atoms with Crippen LogP contribution in [0.2, 0.25) is 0 Å². The maximum Gasteiger partial charge on any atom is 0.197 e.